The summed E-state index contributed by atoms with van der Waals surface area (Å²) in [4.78, 5) is 10.0. The maximum absolute atomic E-state index is 12.5. The van der Waals surface area contributed by atoms with E-state index in [1.165, 1.54) is 185 Å². The average molecular weight is 678 g/mol. The number of carboxylic acid groups (broad SMARTS) is 1. The van der Waals surface area contributed by atoms with E-state index in [9.17, 15) is 31.9 Å². The third-order valence-electron chi connectivity index (χ3n) is 9.36. The zero-order valence-corrected chi connectivity index (χ0v) is 30.5. The summed E-state index contributed by atoms with van der Waals surface area (Å²) in [5.74, 6) is -14.4. The fourth-order valence-electron chi connectivity index (χ4n) is 6.28. The Balaban J connectivity index is 0.00000125. The van der Waals surface area contributed by atoms with Crippen molar-refractivity contribution in [2.75, 3.05) is 26.2 Å². The molecule has 276 valence electrons. The van der Waals surface area contributed by atoms with Gasteiger partial charge in [0.1, 0.15) is 0 Å². The maximum Gasteiger partial charge on any atom is 0.200 e. The van der Waals surface area contributed by atoms with Crippen LogP contribution in [0.15, 0.2) is 0 Å². The first-order valence-electron chi connectivity index (χ1n) is 19.2. The summed E-state index contributed by atoms with van der Waals surface area (Å²) in [6.07, 6.45) is 34.9. The van der Waals surface area contributed by atoms with Gasteiger partial charge in [-0.25, -0.2) is 22.0 Å². The molecule has 0 heterocycles. The number of halogens is 5. The van der Waals surface area contributed by atoms with Crippen molar-refractivity contribution in [2.24, 2.45) is 0 Å². The van der Waals surface area contributed by atoms with E-state index in [0.717, 1.165) is 0 Å². The Morgan fingerprint density at radius 3 is 0.915 bits per heavy atom. The smallest absolute Gasteiger partial charge is 0.200 e. The molecule has 0 spiro atoms. The fraction of sp³-hybridized carbons (Fsp3) is 0.821. The fourth-order valence-corrected chi connectivity index (χ4v) is 6.28. The summed E-state index contributed by atoms with van der Waals surface area (Å²) in [6, 6.07) is 0. The summed E-state index contributed by atoms with van der Waals surface area (Å²) in [7, 11) is 0. The van der Waals surface area contributed by atoms with Crippen molar-refractivity contribution >= 4 is 5.97 Å². The van der Waals surface area contributed by atoms with E-state index in [2.05, 4.69) is 27.7 Å². The van der Waals surface area contributed by atoms with Gasteiger partial charge in [-0.15, -0.1) is 0 Å². The molecule has 0 N–H and O–H groups in total. The average Bonchev–Trinajstić information content (AvgIpc) is 3.06. The largest absolute Gasteiger partial charge is 0.545 e. The monoisotopic (exact) mass is 678 g/mol. The second-order valence-corrected chi connectivity index (χ2v) is 13.5. The molecule has 0 aromatic heterocycles. The second kappa shape index (κ2) is 29.2. The molecule has 0 aliphatic carbocycles. The van der Waals surface area contributed by atoms with Gasteiger partial charge in [0.05, 0.1) is 37.7 Å². The van der Waals surface area contributed by atoms with Crippen LogP contribution in [0.4, 0.5) is 22.0 Å². The predicted octanol–water partition coefficient (Wildman–Crippen LogP) is 12.0. The van der Waals surface area contributed by atoms with Crippen LogP contribution in [0.2, 0.25) is 0 Å². The minimum Gasteiger partial charge on any atom is -0.545 e. The lowest BCUT2D eigenvalue weighted by Gasteiger charge is -2.39. The molecule has 0 saturated heterocycles. The lowest BCUT2D eigenvalue weighted by Crippen LogP contribution is -2.50. The number of unbranched alkanes of at least 4 members (excludes halogenated alkanes) is 20. The van der Waals surface area contributed by atoms with Gasteiger partial charge >= 0.3 is 0 Å². The van der Waals surface area contributed by atoms with E-state index < -0.39 is 40.6 Å². The zero-order chi connectivity index (χ0) is 35.3. The summed E-state index contributed by atoms with van der Waals surface area (Å²) in [6.45, 7) is 15.2. The molecule has 1 rings (SSSR count). The van der Waals surface area contributed by atoms with Crippen molar-refractivity contribution in [3.8, 4) is 0 Å². The minimum atomic E-state index is -2.47. The molecule has 0 unspecified atom stereocenters. The van der Waals surface area contributed by atoms with Crippen LogP contribution in [0.1, 0.15) is 192 Å². The number of carbonyl (C=O) groups excluding carboxylic acids is 1. The molecular weight excluding hydrogens is 609 g/mol. The molecule has 0 amide bonds. The molecule has 47 heavy (non-hydrogen) atoms. The van der Waals surface area contributed by atoms with Crippen molar-refractivity contribution in [2.45, 2.75) is 182 Å². The molecule has 0 atom stereocenters. The highest BCUT2D eigenvalue weighted by Crippen LogP contribution is 2.22. The van der Waals surface area contributed by atoms with Gasteiger partial charge in [0.2, 0.25) is 5.82 Å². The van der Waals surface area contributed by atoms with Gasteiger partial charge in [0.25, 0.3) is 0 Å². The Hall–Kier alpha value is -1.70. The highest BCUT2D eigenvalue weighted by molar-refractivity contribution is 5.86. The Kier molecular flexibility index (Phi) is 28.2. The van der Waals surface area contributed by atoms with E-state index in [1.807, 2.05) is 0 Å². The molecular formula is C39H68F5NO2. The van der Waals surface area contributed by atoms with Crippen molar-refractivity contribution < 1.29 is 36.3 Å². The van der Waals surface area contributed by atoms with Gasteiger partial charge in [-0.05, 0) is 32.1 Å². The van der Waals surface area contributed by atoms with E-state index in [4.69, 9.17) is 0 Å². The molecule has 1 aromatic rings. The lowest BCUT2D eigenvalue weighted by atomic mass is 10.0. The van der Waals surface area contributed by atoms with Crippen LogP contribution in [0.3, 0.4) is 0 Å². The van der Waals surface area contributed by atoms with Gasteiger partial charge in [-0.3, -0.25) is 0 Å². The third-order valence-corrected chi connectivity index (χ3v) is 9.36. The van der Waals surface area contributed by atoms with Crippen molar-refractivity contribution in [3.05, 3.63) is 34.6 Å². The lowest BCUT2D eigenvalue weighted by molar-refractivity contribution is -0.929. The Morgan fingerprint density at radius 2 is 0.638 bits per heavy atom. The summed E-state index contributed by atoms with van der Waals surface area (Å²) in [5, 5.41) is 10.0. The number of carbonyl (C=O) groups is 1. The number of nitrogens with zero attached hydrogens (tertiary/aromatic N) is 1. The maximum atomic E-state index is 12.5. The Labute approximate surface area is 284 Å². The van der Waals surface area contributed by atoms with E-state index in [0.29, 0.717) is 0 Å². The summed E-state index contributed by atoms with van der Waals surface area (Å²) < 4.78 is 63.4. The van der Waals surface area contributed by atoms with Gasteiger partial charge in [0, 0.05) is 0 Å². The van der Waals surface area contributed by atoms with Crippen LogP contribution in [0.25, 0.3) is 0 Å². The summed E-state index contributed by atoms with van der Waals surface area (Å²) in [5.41, 5.74) is -1.97. The van der Waals surface area contributed by atoms with Crippen molar-refractivity contribution in [1.29, 1.82) is 0 Å². The molecule has 0 fully saturated rings. The highest BCUT2D eigenvalue weighted by atomic mass is 19.2. The molecule has 8 heteroatoms. The van der Waals surface area contributed by atoms with Crippen LogP contribution in [-0.4, -0.2) is 36.6 Å². The number of hydrogen-bond donors (Lipinski definition) is 0. The van der Waals surface area contributed by atoms with Crippen LogP contribution < -0.4 is 5.11 Å². The predicted molar refractivity (Wildman–Crippen MR) is 184 cm³/mol. The third kappa shape index (κ3) is 20.4. The standard InChI is InChI=1S/C32H68N.C7HF5O2/c1-5-9-13-14-15-16-17-18-19-20-21-22-23-24-25-26-27-28-32-33(29-10-6-2,30-11-7-3)31-12-8-4;8-2-1(7(13)14)3(9)5(11)6(12)4(2)10/h5-32H2,1-4H3;(H,13,14)/q+1;/p-1. The van der Waals surface area contributed by atoms with E-state index in [-0.39, 0.29) is 0 Å². The molecule has 0 saturated carbocycles. The number of aromatic carboxylic acids is 1. The van der Waals surface area contributed by atoms with E-state index >= 15 is 0 Å². The number of quaternary nitrogens is 1. The second-order valence-electron chi connectivity index (χ2n) is 13.5. The SMILES string of the molecule is CCCCCCCCCCCCCCCCCCCC[N+](CCCC)(CCCC)CCCC.O=C([O-])c1c(F)c(F)c(F)c(F)c1F. The zero-order valence-electron chi connectivity index (χ0n) is 30.5. The Morgan fingerprint density at radius 1 is 0.404 bits per heavy atom. The van der Waals surface area contributed by atoms with Crippen LogP contribution in [0, 0.1) is 29.1 Å². The molecule has 0 aliphatic heterocycles. The number of rotatable bonds is 29. The minimum absolute atomic E-state index is 1.36. The Bertz CT molecular complexity index is 876. The number of carboxylic acids is 1. The summed E-state index contributed by atoms with van der Waals surface area (Å²) >= 11 is 0. The van der Waals surface area contributed by atoms with E-state index in [1.54, 1.807) is 0 Å². The first-order valence-corrected chi connectivity index (χ1v) is 19.2. The quantitative estimate of drug-likeness (QED) is 0.0278. The molecule has 0 radical (unpaired) electrons. The highest BCUT2D eigenvalue weighted by Gasteiger charge is 2.26. The first-order chi connectivity index (χ1) is 22.6. The van der Waals surface area contributed by atoms with Crippen molar-refractivity contribution in [3.63, 3.8) is 0 Å². The normalized spacial score (nSPS) is 11.5. The number of benzene rings is 1. The van der Waals surface area contributed by atoms with Gasteiger partial charge in [0.15, 0.2) is 23.3 Å². The molecule has 1 aromatic carbocycles. The molecule has 0 aliphatic rings. The first kappa shape index (κ1) is 45.3. The molecule has 3 nitrogen and oxygen atoms in total. The van der Waals surface area contributed by atoms with Gasteiger partial charge in [-0.1, -0.05) is 150 Å². The van der Waals surface area contributed by atoms with Gasteiger partial charge in [-0.2, -0.15) is 0 Å². The van der Waals surface area contributed by atoms with Gasteiger partial charge < -0.3 is 14.4 Å². The number of hydrogen-bond acceptors (Lipinski definition) is 2. The van der Waals surface area contributed by atoms with Crippen LogP contribution >= 0.6 is 0 Å². The van der Waals surface area contributed by atoms with Crippen LogP contribution in [-0.2, 0) is 0 Å². The van der Waals surface area contributed by atoms with Crippen LogP contribution in [0.5, 0.6) is 0 Å². The topological polar surface area (TPSA) is 40.1 Å². The molecule has 0 bridgehead atoms. The van der Waals surface area contributed by atoms with Crippen molar-refractivity contribution in [1.82, 2.24) is 0 Å².